The molecule has 184 valence electrons. The Hall–Kier alpha value is -2.04. The first-order valence-electron chi connectivity index (χ1n) is 13.0. The Bertz CT molecular complexity index is 767. The lowest BCUT2D eigenvalue weighted by molar-refractivity contribution is 0.179. The average Bonchev–Trinajstić information content (AvgIpc) is 2.83. The van der Waals surface area contributed by atoms with Gasteiger partial charge in [-0.25, -0.2) is 18.7 Å². The van der Waals surface area contributed by atoms with Gasteiger partial charge in [-0.1, -0.05) is 84.5 Å². The zero-order chi connectivity index (χ0) is 23.7. The number of ether oxygens (including phenoxy) is 1. The number of nitrogens with zero attached hydrogens (tertiary/aromatic N) is 2. The maximum Gasteiger partial charge on any atom is 0.165 e. The number of aryl methyl sites for hydroxylation is 1. The van der Waals surface area contributed by atoms with E-state index in [2.05, 4.69) is 23.8 Å². The van der Waals surface area contributed by atoms with Crippen molar-refractivity contribution in [3.63, 3.8) is 0 Å². The highest BCUT2D eigenvalue weighted by atomic mass is 19.1. The van der Waals surface area contributed by atoms with E-state index in [9.17, 15) is 8.78 Å². The molecule has 1 unspecified atom stereocenters. The summed E-state index contributed by atoms with van der Waals surface area (Å²) in [5.74, 6) is 0.0398. The zero-order valence-corrected chi connectivity index (χ0v) is 20.6. The number of rotatable bonds is 18. The highest BCUT2D eigenvalue weighted by Gasteiger charge is 2.12. The number of hydrogen-bond acceptors (Lipinski definition) is 3. The third-order valence-electron chi connectivity index (χ3n) is 6.00. The molecule has 0 saturated heterocycles. The van der Waals surface area contributed by atoms with Crippen molar-refractivity contribution in [3.05, 3.63) is 42.0 Å². The van der Waals surface area contributed by atoms with Gasteiger partial charge in [0.25, 0.3) is 0 Å². The van der Waals surface area contributed by atoms with Gasteiger partial charge in [-0.2, -0.15) is 0 Å². The van der Waals surface area contributed by atoms with Gasteiger partial charge in [0.1, 0.15) is 12.8 Å². The van der Waals surface area contributed by atoms with Crippen LogP contribution in [0, 0.1) is 5.82 Å². The lowest BCUT2D eigenvalue weighted by atomic mass is 10.1. The Morgan fingerprint density at radius 3 is 2.06 bits per heavy atom. The van der Waals surface area contributed by atoms with Crippen LogP contribution in [0.5, 0.6) is 5.75 Å². The first-order valence-corrected chi connectivity index (χ1v) is 13.0. The first-order chi connectivity index (χ1) is 16.1. The quantitative estimate of drug-likeness (QED) is 0.209. The van der Waals surface area contributed by atoms with Crippen molar-refractivity contribution in [2.24, 2.45) is 0 Å². The third-order valence-corrected chi connectivity index (χ3v) is 6.00. The molecule has 0 spiro atoms. The molecule has 33 heavy (non-hydrogen) atoms. The molecule has 0 aliphatic heterocycles. The lowest BCUT2D eigenvalue weighted by Gasteiger charge is -2.12. The minimum absolute atomic E-state index is 0.0706. The smallest absolute Gasteiger partial charge is 0.165 e. The van der Waals surface area contributed by atoms with E-state index in [4.69, 9.17) is 4.74 Å². The minimum atomic E-state index is -1.07. The van der Waals surface area contributed by atoms with Crippen LogP contribution in [0.3, 0.4) is 0 Å². The Balaban J connectivity index is 1.74. The Morgan fingerprint density at radius 2 is 1.42 bits per heavy atom. The summed E-state index contributed by atoms with van der Waals surface area (Å²) in [6, 6.07) is 4.62. The molecule has 0 aliphatic rings. The highest BCUT2D eigenvalue weighted by molar-refractivity contribution is 5.56. The van der Waals surface area contributed by atoms with Crippen LogP contribution < -0.4 is 4.74 Å². The van der Waals surface area contributed by atoms with Crippen molar-refractivity contribution < 1.29 is 13.5 Å². The molecule has 0 bridgehead atoms. The average molecular weight is 461 g/mol. The molecule has 0 amide bonds. The predicted molar refractivity (Wildman–Crippen MR) is 133 cm³/mol. The van der Waals surface area contributed by atoms with Gasteiger partial charge in [0.05, 0.1) is 0 Å². The van der Waals surface area contributed by atoms with E-state index in [-0.39, 0.29) is 12.4 Å². The molecule has 0 saturated carbocycles. The Morgan fingerprint density at radius 1 is 0.818 bits per heavy atom. The molecule has 1 aromatic heterocycles. The zero-order valence-electron chi connectivity index (χ0n) is 20.6. The number of aromatic nitrogens is 2. The predicted octanol–water partition coefficient (Wildman–Crippen LogP) is 8.65. The van der Waals surface area contributed by atoms with Crippen LogP contribution in [0.25, 0.3) is 11.4 Å². The normalized spacial score (nSPS) is 12.1. The van der Waals surface area contributed by atoms with Crippen molar-refractivity contribution in [1.29, 1.82) is 0 Å². The van der Waals surface area contributed by atoms with Gasteiger partial charge >= 0.3 is 0 Å². The molecule has 0 N–H and O–H groups in total. The van der Waals surface area contributed by atoms with E-state index in [1.807, 2.05) is 12.4 Å². The van der Waals surface area contributed by atoms with Gasteiger partial charge < -0.3 is 4.74 Å². The van der Waals surface area contributed by atoms with E-state index in [1.54, 1.807) is 6.07 Å². The maximum atomic E-state index is 14.5. The molecule has 5 heteroatoms. The fraction of sp³-hybridized carbons (Fsp3) is 0.643. The molecule has 2 rings (SSSR count). The summed E-state index contributed by atoms with van der Waals surface area (Å²) in [7, 11) is 0. The second-order valence-corrected chi connectivity index (χ2v) is 9.04. The molecule has 3 nitrogen and oxygen atoms in total. The van der Waals surface area contributed by atoms with Crippen molar-refractivity contribution in [2.45, 2.75) is 110 Å². The molecule has 1 aromatic carbocycles. The summed E-state index contributed by atoms with van der Waals surface area (Å²) in [6.07, 6.45) is 18.5. The van der Waals surface area contributed by atoms with Crippen LogP contribution >= 0.6 is 0 Å². The third kappa shape index (κ3) is 11.1. The second kappa shape index (κ2) is 16.6. The highest BCUT2D eigenvalue weighted by Crippen LogP contribution is 2.24. The van der Waals surface area contributed by atoms with Gasteiger partial charge in [-0.15, -0.1) is 0 Å². The van der Waals surface area contributed by atoms with E-state index in [1.165, 1.54) is 57.1 Å². The number of unbranched alkanes of at least 4 members (excludes halogenated alkanes) is 10. The fourth-order valence-electron chi connectivity index (χ4n) is 3.91. The molecular weight excluding hydrogens is 418 g/mol. The Labute approximate surface area is 199 Å². The number of halogens is 2. The standard InChI is InChI=1S/C28H42F2N2O/c1-3-5-7-9-10-11-12-13-15-23-20-31-28(32-21-23)24-17-18-27(26(30)19-24)33-22-25(29)16-14-8-6-4-2/h17-21,25H,3-16,22H2,1-2H3. The number of alkyl halides is 1. The van der Waals surface area contributed by atoms with Crippen molar-refractivity contribution >= 4 is 0 Å². The summed E-state index contributed by atoms with van der Waals surface area (Å²) in [5.41, 5.74) is 1.70. The van der Waals surface area contributed by atoms with Crippen LogP contribution in [0.15, 0.2) is 30.6 Å². The lowest BCUT2D eigenvalue weighted by Crippen LogP contribution is -2.13. The van der Waals surface area contributed by atoms with Gasteiger partial charge in [-0.3, -0.25) is 0 Å². The van der Waals surface area contributed by atoms with Crippen LogP contribution in [-0.2, 0) is 6.42 Å². The van der Waals surface area contributed by atoms with Gasteiger partial charge in [-0.05, 0) is 43.0 Å². The fourth-order valence-corrected chi connectivity index (χ4v) is 3.91. The first kappa shape index (κ1) is 27.2. The topological polar surface area (TPSA) is 35.0 Å². The van der Waals surface area contributed by atoms with Gasteiger partial charge in [0.2, 0.25) is 0 Å². The molecule has 1 heterocycles. The van der Waals surface area contributed by atoms with E-state index in [0.717, 1.165) is 44.1 Å². The van der Waals surface area contributed by atoms with Crippen molar-refractivity contribution in [1.82, 2.24) is 9.97 Å². The van der Waals surface area contributed by atoms with E-state index < -0.39 is 12.0 Å². The minimum Gasteiger partial charge on any atom is -0.487 e. The van der Waals surface area contributed by atoms with Crippen LogP contribution in [0.1, 0.15) is 103 Å². The SMILES string of the molecule is CCCCCCCCCCc1cnc(-c2ccc(OCC(F)CCCCCC)c(F)c2)nc1. The van der Waals surface area contributed by atoms with E-state index >= 15 is 0 Å². The van der Waals surface area contributed by atoms with Crippen molar-refractivity contribution in [2.75, 3.05) is 6.61 Å². The summed E-state index contributed by atoms with van der Waals surface area (Å²) < 4.78 is 33.8. The molecule has 0 fully saturated rings. The Kier molecular flexibility index (Phi) is 13.6. The number of benzene rings is 1. The second-order valence-electron chi connectivity index (χ2n) is 9.04. The largest absolute Gasteiger partial charge is 0.487 e. The van der Waals surface area contributed by atoms with E-state index in [0.29, 0.717) is 17.8 Å². The summed E-state index contributed by atoms with van der Waals surface area (Å²) >= 11 is 0. The monoisotopic (exact) mass is 460 g/mol. The summed E-state index contributed by atoms with van der Waals surface area (Å²) in [5, 5.41) is 0. The summed E-state index contributed by atoms with van der Waals surface area (Å²) in [4.78, 5) is 8.83. The van der Waals surface area contributed by atoms with Gasteiger partial charge in [0.15, 0.2) is 17.4 Å². The van der Waals surface area contributed by atoms with Crippen molar-refractivity contribution in [3.8, 4) is 17.1 Å². The van der Waals surface area contributed by atoms with Crippen LogP contribution in [0.4, 0.5) is 8.78 Å². The number of hydrogen-bond donors (Lipinski definition) is 0. The molecule has 1 atom stereocenters. The molecular formula is C28H42F2N2O. The molecule has 2 aromatic rings. The molecule has 0 aliphatic carbocycles. The maximum absolute atomic E-state index is 14.5. The molecule has 0 radical (unpaired) electrons. The summed E-state index contributed by atoms with van der Waals surface area (Å²) in [6.45, 7) is 4.25. The van der Waals surface area contributed by atoms with Crippen LogP contribution in [0.2, 0.25) is 0 Å². The van der Waals surface area contributed by atoms with Gasteiger partial charge in [0, 0.05) is 18.0 Å². The van der Waals surface area contributed by atoms with Crippen LogP contribution in [-0.4, -0.2) is 22.7 Å².